The average Bonchev–Trinajstić information content (AvgIpc) is 2.45. The largest absolute Gasteiger partial charge is 0.394 e. The normalized spacial score (nSPS) is 19.2. The minimum Gasteiger partial charge on any atom is -0.394 e. The van der Waals surface area contributed by atoms with E-state index < -0.39 is 0 Å². The molecule has 0 amide bonds. The van der Waals surface area contributed by atoms with Crippen molar-refractivity contribution in [3.8, 4) is 6.07 Å². The molecule has 0 spiro atoms. The van der Waals surface area contributed by atoms with Crippen molar-refractivity contribution in [2.45, 2.75) is 18.9 Å². The van der Waals surface area contributed by atoms with E-state index in [9.17, 15) is 5.26 Å². The third-order valence-electron chi connectivity index (χ3n) is 3.25. The highest BCUT2D eigenvalue weighted by Gasteiger charge is 2.23. The number of hydrogen-bond donors (Lipinski definition) is 1. The second kappa shape index (κ2) is 6.76. The number of halogens is 1. The lowest BCUT2D eigenvalue weighted by Gasteiger charge is -2.35. The molecular formula is C14H17ClN2O2. The fraction of sp³-hybridized carbons (Fsp3) is 0.500. The van der Waals surface area contributed by atoms with Crippen molar-refractivity contribution in [2.75, 3.05) is 31.2 Å². The van der Waals surface area contributed by atoms with Crippen LogP contribution in [-0.4, -0.2) is 37.5 Å². The molecule has 0 bridgehead atoms. The van der Waals surface area contributed by atoms with Gasteiger partial charge in [-0.3, -0.25) is 0 Å². The van der Waals surface area contributed by atoms with E-state index in [-0.39, 0.29) is 12.7 Å². The first-order chi connectivity index (χ1) is 9.26. The monoisotopic (exact) mass is 280 g/mol. The number of ether oxygens (including phenoxy) is 1. The van der Waals surface area contributed by atoms with Gasteiger partial charge in [-0.2, -0.15) is 5.26 Å². The molecule has 1 saturated heterocycles. The summed E-state index contributed by atoms with van der Waals surface area (Å²) in [6, 6.07) is 7.55. The van der Waals surface area contributed by atoms with Gasteiger partial charge in [0.1, 0.15) is 6.07 Å². The maximum absolute atomic E-state index is 9.18. The number of para-hydroxylation sites is 1. The number of hydrogen-bond acceptors (Lipinski definition) is 4. The summed E-state index contributed by atoms with van der Waals surface area (Å²) in [5.74, 6) is 0. The van der Waals surface area contributed by atoms with E-state index >= 15 is 0 Å². The number of nitrogens with zero attached hydrogens (tertiary/aromatic N) is 2. The van der Waals surface area contributed by atoms with Crippen LogP contribution in [-0.2, 0) is 4.74 Å². The van der Waals surface area contributed by atoms with E-state index in [4.69, 9.17) is 21.4 Å². The van der Waals surface area contributed by atoms with Gasteiger partial charge in [0.2, 0.25) is 0 Å². The highest BCUT2D eigenvalue weighted by Crippen LogP contribution is 2.32. The Morgan fingerprint density at radius 2 is 2.37 bits per heavy atom. The van der Waals surface area contributed by atoms with Gasteiger partial charge in [0.15, 0.2) is 0 Å². The van der Waals surface area contributed by atoms with Crippen molar-refractivity contribution in [1.82, 2.24) is 0 Å². The number of piperidine rings is 1. The fourth-order valence-electron chi connectivity index (χ4n) is 2.42. The zero-order chi connectivity index (χ0) is 13.7. The molecule has 19 heavy (non-hydrogen) atoms. The van der Waals surface area contributed by atoms with Crippen molar-refractivity contribution in [2.24, 2.45) is 0 Å². The van der Waals surface area contributed by atoms with Crippen LogP contribution in [0.2, 0.25) is 5.02 Å². The van der Waals surface area contributed by atoms with Crippen LogP contribution in [0, 0.1) is 11.3 Å². The third-order valence-corrected chi connectivity index (χ3v) is 3.55. The van der Waals surface area contributed by atoms with Crippen LogP contribution in [0.15, 0.2) is 18.2 Å². The summed E-state index contributed by atoms with van der Waals surface area (Å²) in [5.41, 5.74) is 1.39. The van der Waals surface area contributed by atoms with Crippen molar-refractivity contribution in [3.63, 3.8) is 0 Å². The third kappa shape index (κ3) is 3.38. The van der Waals surface area contributed by atoms with Crippen LogP contribution < -0.4 is 4.90 Å². The van der Waals surface area contributed by atoms with Gasteiger partial charge in [0, 0.05) is 13.1 Å². The Bertz CT molecular complexity index is 473. The molecular weight excluding hydrogens is 264 g/mol. The Morgan fingerprint density at radius 3 is 3.11 bits per heavy atom. The zero-order valence-corrected chi connectivity index (χ0v) is 11.4. The molecule has 0 saturated carbocycles. The van der Waals surface area contributed by atoms with Crippen LogP contribution in [0.1, 0.15) is 18.4 Å². The molecule has 0 aromatic heterocycles. The molecule has 4 nitrogen and oxygen atoms in total. The molecule has 0 unspecified atom stereocenters. The number of aliphatic hydroxyl groups excluding tert-OH is 1. The maximum atomic E-state index is 9.18. The molecule has 1 atom stereocenters. The zero-order valence-electron chi connectivity index (χ0n) is 10.7. The predicted octanol–water partition coefficient (Wildman–Crippen LogP) is 2.19. The molecule has 1 N–H and O–H groups in total. The number of aliphatic hydroxyl groups is 1. The summed E-state index contributed by atoms with van der Waals surface area (Å²) < 4.78 is 5.58. The topological polar surface area (TPSA) is 56.5 Å². The summed E-state index contributed by atoms with van der Waals surface area (Å²) in [6.45, 7) is 1.97. The van der Waals surface area contributed by atoms with Crippen LogP contribution in [0.25, 0.3) is 0 Å². The standard InChI is InChI=1S/C14H17ClN2O2/c15-13-5-1-3-11(9-16)14(13)17-6-2-4-12(10-17)19-8-7-18/h1,3,5,12,18H,2,4,6-8,10H2/t12-/m0/s1. The minimum atomic E-state index is 0.0338. The highest BCUT2D eigenvalue weighted by molar-refractivity contribution is 6.33. The quantitative estimate of drug-likeness (QED) is 0.918. The van der Waals surface area contributed by atoms with E-state index in [2.05, 4.69) is 11.0 Å². The van der Waals surface area contributed by atoms with Crippen molar-refractivity contribution in [3.05, 3.63) is 28.8 Å². The van der Waals surface area contributed by atoms with Crippen LogP contribution in [0.3, 0.4) is 0 Å². The van der Waals surface area contributed by atoms with Crippen LogP contribution in [0.5, 0.6) is 0 Å². The Labute approximate surface area is 118 Å². The number of anilines is 1. The highest BCUT2D eigenvalue weighted by atomic mass is 35.5. The van der Waals surface area contributed by atoms with E-state index in [0.717, 1.165) is 25.1 Å². The van der Waals surface area contributed by atoms with Crippen LogP contribution in [0.4, 0.5) is 5.69 Å². The lowest BCUT2D eigenvalue weighted by Crippen LogP contribution is -2.40. The fourth-order valence-corrected chi connectivity index (χ4v) is 2.72. The van der Waals surface area contributed by atoms with E-state index in [0.29, 0.717) is 23.7 Å². The Balaban J connectivity index is 2.15. The molecule has 1 heterocycles. The lowest BCUT2D eigenvalue weighted by molar-refractivity contribution is 0.0214. The molecule has 1 aliphatic heterocycles. The first-order valence-corrected chi connectivity index (χ1v) is 6.80. The Morgan fingerprint density at radius 1 is 1.53 bits per heavy atom. The molecule has 0 radical (unpaired) electrons. The van der Waals surface area contributed by atoms with E-state index in [1.807, 2.05) is 0 Å². The maximum Gasteiger partial charge on any atom is 0.101 e. The minimum absolute atomic E-state index is 0.0338. The van der Waals surface area contributed by atoms with Crippen molar-refractivity contribution < 1.29 is 9.84 Å². The molecule has 1 fully saturated rings. The number of nitriles is 1. The summed E-state index contributed by atoms with van der Waals surface area (Å²) in [5, 5.41) is 18.6. The Hall–Kier alpha value is -1.28. The molecule has 2 rings (SSSR count). The Kier molecular flexibility index (Phi) is 5.03. The smallest absolute Gasteiger partial charge is 0.101 e. The van der Waals surface area contributed by atoms with Crippen LogP contribution >= 0.6 is 11.6 Å². The summed E-state index contributed by atoms with van der Waals surface area (Å²) >= 11 is 6.22. The van der Waals surface area contributed by atoms with Gasteiger partial charge < -0.3 is 14.7 Å². The molecule has 1 aromatic rings. The van der Waals surface area contributed by atoms with E-state index in [1.165, 1.54) is 0 Å². The first-order valence-electron chi connectivity index (χ1n) is 6.42. The van der Waals surface area contributed by atoms with Gasteiger partial charge in [-0.15, -0.1) is 0 Å². The second-order valence-corrected chi connectivity index (χ2v) is 4.96. The SMILES string of the molecule is N#Cc1cccc(Cl)c1N1CCC[C@H](OCCO)C1. The lowest BCUT2D eigenvalue weighted by atomic mass is 10.1. The van der Waals surface area contributed by atoms with Gasteiger partial charge in [-0.1, -0.05) is 17.7 Å². The number of benzene rings is 1. The van der Waals surface area contributed by atoms with Gasteiger partial charge in [-0.05, 0) is 25.0 Å². The summed E-state index contributed by atoms with van der Waals surface area (Å²) in [6.07, 6.45) is 2.05. The van der Waals surface area contributed by atoms with Crippen molar-refractivity contribution >= 4 is 17.3 Å². The summed E-state index contributed by atoms with van der Waals surface area (Å²) in [4.78, 5) is 2.10. The average molecular weight is 281 g/mol. The second-order valence-electron chi connectivity index (χ2n) is 4.55. The van der Waals surface area contributed by atoms with Gasteiger partial charge in [0.05, 0.1) is 35.6 Å². The molecule has 1 aliphatic rings. The van der Waals surface area contributed by atoms with Gasteiger partial charge >= 0.3 is 0 Å². The van der Waals surface area contributed by atoms with Gasteiger partial charge in [-0.25, -0.2) is 0 Å². The van der Waals surface area contributed by atoms with E-state index in [1.54, 1.807) is 18.2 Å². The molecule has 0 aliphatic carbocycles. The first kappa shape index (κ1) is 14.1. The summed E-state index contributed by atoms with van der Waals surface area (Å²) in [7, 11) is 0. The predicted molar refractivity (Wildman–Crippen MR) is 74.4 cm³/mol. The van der Waals surface area contributed by atoms with Crippen molar-refractivity contribution in [1.29, 1.82) is 5.26 Å². The molecule has 1 aromatic carbocycles. The molecule has 102 valence electrons. The number of rotatable bonds is 4. The van der Waals surface area contributed by atoms with Gasteiger partial charge in [0.25, 0.3) is 0 Å². The molecule has 5 heteroatoms.